The summed E-state index contributed by atoms with van der Waals surface area (Å²) >= 11 is 0. The number of carbonyl (C=O) groups excluding carboxylic acids is 1. The Morgan fingerprint density at radius 1 is 1.27 bits per heavy atom. The maximum absolute atomic E-state index is 12.8. The molecule has 1 aliphatic heterocycles. The van der Waals surface area contributed by atoms with Crippen LogP contribution >= 0.6 is 8.53 Å². The van der Waals surface area contributed by atoms with Crippen LogP contribution in [0.5, 0.6) is 0 Å². The summed E-state index contributed by atoms with van der Waals surface area (Å²) in [6.45, 7) is 15.4. The third-order valence-electron chi connectivity index (χ3n) is 6.47. The normalized spacial score (nSPS) is 22.1. The summed E-state index contributed by atoms with van der Waals surface area (Å²) in [5.74, 6) is -0.619. The lowest BCUT2D eigenvalue weighted by molar-refractivity contribution is -0.0264. The number of aromatic nitrogens is 4. The molecule has 4 rings (SSSR count). The Bertz CT molecular complexity index is 1330. The maximum Gasteiger partial charge on any atom is 0.259 e. The highest BCUT2D eigenvalue weighted by Crippen LogP contribution is 2.51. The number of hydrogen-bond acceptors (Lipinski definition) is 9. The van der Waals surface area contributed by atoms with Crippen molar-refractivity contribution in [1.82, 2.24) is 24.2 Å². The summed E-state index contributed by atoms with van der Waals surface area (Å²) in [7, 11) is -1.66. The van der Waals surface area contributed by atoms with Crippen molar-refractivity contribution >= 4 is 31.4 Å². The highest BCUT2D eigenvalue weighted by atomic mass is 31.2. The molecule has 40 heavy (non-hydrogen) atoms. The largest absolute Gasteiger partial charge is 0.396 e. The van der Waals surface area contributed by atoms with Crippen LogP contribution in [-0.2, 0) is 13.8 Å². The molecular formula is C27H36N7O5P. The van der Waals surface area contributed by atoms with Crippen LogP contribution in [0.2, 0.25) is 0 Å². The fourth-order valence-corrected chi connectivity index (χ4v) is 6.41. The van der Waals surface area contributed by atoms with E-state index in [2.05, 4.69) is 29.8 Å². The van der Waals surface area contributed by atoms with E-state index in [1.807, 2.05) is 33.8 Å². The van der Waals surface area contributed by atoms with Crippen LogP contribution in [0.25, 0.3) is 16.0 Å². The minimum Gasteiger partial charge on any atom is -0.396 e. The molecule has 2 N–H and O–H groups in total. The number of amides is 1. The van der Waals surface area contributed by atoms with Gasteiger partial charge in [0.2, 0.25) is 6.54 Å². The van der Waals surface area contributed by atoms with Crippen LogP contribution in [0.3, 0.4) is 0 Å². The Morgan fingerprint density at radius 3 is 2.67 bits per heavy atom. The molecule has 0 aliphatic carbocycles. The van der Waals surface area contributed by atoms with Gasteiger partial charge in [-0.3, -0.25) is 9.36 Å². The molecule has 1 aromatic carbocycles. The highest BCUT2D eigenvalue weighted by Gasteiger charge is 2.47. The third kappa shape index (κ3) is 6.47. The van der Waals surface area contributed by atoms with Crippen molar-refractivity contribution in [1.29, 1.82) is 0 Å². The summed E-state index contributed by atoms with van der Waals surface area (Å²) in [6, 6.07) is 8.93. The molecule has 3 heterocycles. The zero-order valence-corrected chi connectivity index (χ0v) is 23.9. The molecule has 0 radical (unpaired) electrons. The zero-order valence-electron chi connectivity index (χ0n) is 24.0. The van der Waals surface area contributed by atoms with E-state index >= 15 is 0 Å². The first-order chi connectivity index (χ1) is 19.8. The van der Waals surface area contributed by atoms with Gasteiger partial charge in [-0.1, -0.05) is 18.2 Å². The van der Waals surface area contributed by atoms with E-state index in [1.165, 1.54) is 12.7 Å². The van der Waals surface area contributed by atoms with Gasteiger partial charge in [-0.25, -0.2) is 26.2 Å². The molecule has 1 saturated heterocycles. The number of aliphatic hydroxyl groups is 1. The van der Waals surface area contributed by atoms with Crippen LogP contribution in [-0.4, -0.2) is 79.3 Å². The van der Waals surface area contributed by atoms with Gasteiger partial charge in [0.15, 0.2) is 23.2 Å². The lowest BCUT2D eigenvalue weighted by Gasteiger charge is -2.38. The maximum atomic E-state index is 12.8. The lowest BCUT2D eigenvalue weighted by Crippen LogP contribution is -2.37. The van der Waals surface area contributed by atoms with Crippen molar-refractivity contribution in [3.05, 3.63) is 60.0 Å². The van der Waals surface area contributed by atoms with E-state index in [4.69, 9.17) is 21.7 Å². The van der Waals surface area contributed by atoms with Gasteiger partial charge in [-0.05, 0) is 46.7 Å². The molecule has 5 atom stereocenters. The smallest absolute Gasteiger partial charge is 0.259 e. The summed E-state index contributed by atoms with van der Waals surface area (Å²) in [5, 5.41) is 13.2. The number of rotatable bonds is 12. The summed E-state index contributed by atoms with van der Waals surface area (Å²) in [6.07, 6.45) is 0.735. The van der Waals surface area contributed by atoms with Crippen molar-refractivity contribution in [3.8, 4) is 0 Å². The number of ether oxygens (including phenoxy) is 1. The van der Waals surface area contributed by atoms with E-state index < -0.39 is 32.9 Å². The molecule has 12 nitrogen and oxygen atoms in total. The van der Waals surface area contributed by atoms with Crippen molar-refractivity contribution in [2.45, 2.75) is 65.1 Å². The minimum atomic E-state index is -1.66. The Labute approximate surface area is 236 Å². The number of hydrogen-bond donors (Lipinski definition) is 2. The Balaban J connectivity index is 1.69. The zero-order chi connectivity index (χ0) is 29.5. The first-order valence-corrected chi connectivity index (χ1v) is 14.2. The van der Waals surface area contributed by atoms with Crippen molar-refractivity contribution < 1.29 is 25.1 Å². The third-order valence-corrected chi connectivity index (χ3v) is 8.60. The minimum absolute atomic E-state index is 0.0759. The summed E-state index contributed by atoms with van der Waals surface area (Å²) in [5.41, 5.74) is 1.23. The topological polar surface area (TPSA) is 128 Å². The lowest BCUT2D eigenvalue weighted by atomic mass is 10.0. The number of carbonyl (C=O) groups is 1. The molecule has 0 spiro atoms. The van der Waals surface area contributed by atoms with Crippen LogP contribution in [0, 0.1) is 12.5 Å². The standard InChI is InChI=1S/C27H36N7O5P/c1-17(2)34(18(3)4)40(37-13-12-28-6)39-23-21(14-35)19(5)38-27(23)33-16-31-22-24(29-15-30-25(22)33)32-26(36)20-10-8-7-9-11-20/h7-11,15-19,21,23,27,35H,12-14H2,1-5H3,(H,29,30,32,36)/t19-,21?,23?,27-,40?/m1/s1/i5D. The molecule has 1 fully saturated rings. The predicted molar refractivity (Wildman–Crippen MR) is 151 cm³/mol. The molecular weight excluding hydrogens is 533 g/mol. The molecule has 1 amide bonds. The van der Waals surface area contributed by atoms with Gasteiger partial charge < -0.3 is 29.1 Å². The van der Waals surface area contributed by atoms with Crippen molar-refractivity contribution in [2.75, 3.05) is 25.1 Å². The van der Waals surface area contributed by atoms with Gasteiger partial charge in [0.1, 0.15) is 19.0 Å². The number of nitrogens with zero attached hydrogens (tertiary/aromatic N) is 6. The quantitative estimate of drug-likeness (QED) is 0.186. The fraction of sp³-hybridized carbons (Fsp3) is 0.519. The van der Waals surface area contributed by atoms with Crippen molar-refractivity contribution in [3.63, 3.8) is 0 Å². The number of imidazole rings is 1. The van der Waals surface area contributed by atoms with Crippen molar-refractivity contribution in [2.24, 2.45) is 5.92 Å². The molecule has 2 aromatic heterocycles. The SMILES string of the molecule is [2H]C[C@H]1O[C@@H](n2cnc3c(NC(=O)c4ccccc4)ncnc32)C(OP(OCC[N+]#[C-])N(C(C)C)C(C)C)C1CO. The fourth-order valence-electron chi connectivity index (χ4n) is 4.65. The second-order valence-corrected chi connectivity index (χ2v) is 11.3. The number of nitrogens with one attached hydrogen (secondary N) is 1. The average molecular weight is 571 g/mol. The second kappa shape index (κ2) is 13.5. The Kier molecular flexibility index (Phi) is 9.65. The van der Waals surface area contributed by atoms with Gasteiger partial charge in [0, 0.05) is 24.9 Å². The number of fused-ring (bicyclic) bond motifs is 1. The number of benzene rings is 1. The molecule has 1 aliphatic rings. The van der Waals surface area contributed by atoms with E-state index in [1.54, 1.807) is 28.8 Å². The van der Waals surface area contributed by atoms with E-state index in [0.29, 0.717) is 16.7 Å². The number of anilines is 1. The predicted octanol–water partition coefficient (Wildman–Crippen LogP) is 4.27. The van der Waals surface area contributed by atoms with E-state index in [9.17, 15) is 9.90 Å². The van der Waals surface area contributed by atoms with Crippen LogP contribution in [0.15, 0.2) is 43.0 Å². The van der Waals surface area contributed by atoms with Gasteiger partial charge in [-0.15, -0.1) is 0 Å². The monoisotopic (exact) mass is 570 g/mol. The molecule has 0 saturated carbocycles. The number of aliphatic hydroxyl groups excluding tert-OH is 1. The van der Waals surface area contributed by atoms with Gasteiger partial charge in [0.25, 0.3) is 14.4 Å². The van der Waals surface area contributed by atoms with Gasteiger partial charge in [-0.2, -0.15) is 0 Å². The molecule has 3 aromatic rings. The van der Waals surface area contributed by atoms with Gasteiger partial charge >= 0.3 is 0 Å². The first kappa shape index (κ1) is 28.5. The van der Waals surface area contributed by atoms with E-state index in [-0.39, 0.29) is 50.5 Å². The molecule has 0 bridgehead atoms. The molecule has 13 heteroatoms. The van der Waals surface area contributed by atoms with Crippen LogP contribution in [0.4, 0.5) is 5.82 Å². The second-order valence-electron chi connectivity index (χ2n) is 9.87. The van der Waals surface area contributed by atoms with E-state index in [0.717, 1.165) is 0 Å². The summed E-state index contributed by atoms with van der Waals surface area (Å²) in [4.78, 5) is 29.3. The molecule has 3 unspecified atom stereocenters. The van der Waals surface area contributed by atoms with Crippen LogP contribution < -0.4 is 5.32 Å². The highest BCUT2D eigenvalue weighted by molar-refractivity contribution is 7.44. The van der Waals surface area contributed by atoms with Crippen LogP contribution in [0.1, 0.15) is 52.6 Å². The Morgan fingerprint density at radius 2 is 2.02 bits per heavy atom. The average Bonchev–Trinajstić information content (AvgIpc) is 3.54. The molecule has 214 valence electrons. The van der Waals surface area contributed by atoms with Gasteiger partial charge in [0.05, 0.1) is 19.0 Å². The summed E-state index contributed by atoms with van der Waals surface area (Å²) < 4.78 is 30.9. The Hall–Kier alpha value is -3.04. The first-order valence-electron chi connectivity index (χ1n) is 13.8.